The lowest BCUT2D eigenvalue weighted by atomic mass is 11.0. The van der Waals surface area contributed by atoms with Crippen LogP contribution in [0.4, 0.5) is 0 Å². The topological polar surface area (TPSA) is 50.1 Å². The average molecular weight is 89.1 g/mol. The smallest absolute Gasteiger partial charge is 0.0462 e. The van der Waals surface area contributed by atoms with E-state index >= 15 is 0 Å². The van der Waals surface area contributed by atoms with Crippen molar-refractivity contribution in [1.82, 2.24) is 10.6 Å². The Morgan fingerprint density at radius 3 is 2.50 bits per heavy atom. The maximum Gasteiger partial charge on any atom is 0.0462 e. The van der Waals surface area contributed by atoms with Gasteiger partial charge < -0.3 is 11.1 Å². The molecule has 0 saturated carbocycles. The number of hydrogen-bond acceptors (Lipinski definition) is 3. The van der Waals surface area contributed by atoms with Crippen LogP contribution in [0.5, 0.6) is 0 Å². The first-order valence-electron chi connectivity index (χ1n) is 1.97. The van der Waals surface area contributed by atoms with Gasteiger partial charge in [0.25, 0.3) is 0 Å². The zero-order chi connectivity index (χ0) is 4.83. The molecule has 0 aliphatic heterocycles. The van der Waals surface area contributed by atoms with E-state index in [0.29, 0.717) is 6.67 Å². The second-order valence-corrected chi connectivity index (χ2v) is 0.984. The van der Waals surface area contributed by atoms with Crippen LogP contribution < -0.4 is 16.4 Å². The van der Waals surface area contributed by atoms with Crippen LogP contribution in [-0.2, 0) is 0 Å². The van der Waals surface area contributed by atoms with Crippen molar-refractivity contribution in [3.05, 3.63) is 0 Å². The molecule has 0 aliphatic rings. The summed E-state index contributed by atoms with van der Waals surface area (Å²) >= 11 is 0. The normalized spacial score (nSPS) is 9.00. The van der Waals surface area contributed by atoms with E-state index in [4.69, 9.17) is 5.73 Å². The van der Waals surface area contributed by atoms with Gasteiger partial charge >= 0.3 is 0 Å². The fourth-order valence-corrected chi connectivity index (χ4v) is 0.197. The summed E-state index contributed by atoms with van der Waals surface area (Å²) in [6.07, 6.45) is 0. The Labute approximate surface area is 37.9 Å². The molecule has 4 N–H and O–H groups in total. The van der Waals surface area contributed by atoms with Gasteiger partial charge in [-0.05, 0) is 7.05 Å². The lowest BCUT2D eigenvalue weighted by molar-refractivity contribution is 0.644. The predicted molar refractivity (Wildman–Crippen MR) is 26.1 cm³/mol. The van der Waals surface area contributed by atoms with Crippen LogP contribution in [0, 0.1) is 0 Å². The summed E-state index contributed by atoms with van der Waals surface area (Å²) in [6.45, 7) is 1.33. The molecular weight excluding hydrogens is 78.1 g/mol. The van der Waals surface area contributed by atoms with Gasteiger partial charge in [-0.1, -0.05) is 0 Å². The molecule has 0 aliphatic carbocycles. The molecule has 0 bridgehead atoms. The summed E-state index contributed by atoms with van der Waals surface area (Å²) < 4.78 is 0. The molecule has 3 nitrogen and oxygen atoms in total. The Bertz CT molecular complexity index is 18.0. The molecule has 0 rings (SSSR count). The monoisotopic (exact) mass is 89.1 g/mol. The summed E-state index contributed by atoms with van der Waals surface area (Å²) in [5, 5.41) is 5.74. The minimum Gasteiger partial charge on any atom is -0.318 e. The number of hydrogen-bond donors (Lipinski definition) is 3. The van der Waals surface area contributed by atoms with E-state index in [0.717, 1.165) is 6.67 Å². The van der Waals surface area contributed by atoms with Crippen LogP contribution in [0.25, 0.3) is 0 Å². The molecule has 0 fully saturated rings. The van der Waals surface area contributed by atoms with Crippen molar-refractivity contribution in [2.24, 2.45) is 5.73 Å². The summed E-state index contributed by atoms with van der Waals surface area (Å²) in [7, 11) is 1.86. The largest absolute Gasteiger partial charge is 0.318 e. The first-order chi connectivity index (χ1) is 2.91. The lowest BCUT2D eigenvalue weighted by Crippen LogP contribution is -2.30. The van der Waals surface area contributed by atoms with E-state index in [1.807, 2.05) is 7.05 Å². The highest BCUT2D eigenvalue weighted by atomic mass is 15.1. The molecule has 0 spiro atoms. The van der Waals surface area contributed by atoms with Crippen LogP contribution in [0.2, 0.25) is 0 Å². The third-order valence-electron chi connectivity index (χ3n) is 0.446. The Balaban J connectivity index is 2.34. The first-order valence-corrected chi connectivity index (χ1v) is 1.97. The van der Waals surface area contributed by atoms with Gasteiger partial charge in [-0.25, -0.2) is 0 Å². The van der Waals surface area contributed by atoms with E-state index < -0.39 is 0 Å². The van der Waals surface area contributed by atoms with E-state index in [-0.39, 0.29) is 0 Å². The van der Waals surface area contributed by atoms with Gasteiger partial charge in [0, 0.05) is 13.3 Å². The van der Waals surface area contributed by atoms with Crippen molar-refractivity contribution in [3.63, 3.8) is 0 Å². The van der Waals surface area contributed by atoms with Crippen molar-refractivity contribution in [1.29, 1.82) is 0 Å². The molecule has 0 aromatic heterocycles. The summed E-state index contributed by atoms with van der Waals surface area (Å²) in [4.78, 5) is 0. The molecule has 0 radical (unpaired) electrons. The molecule has 6 heavy (non-hydrogen) atoms. The van der Waals surface area contributed by atoms with Crippen molar-refractivity contribution in [2.45, 2.75) is 0 Å². The van der Waals surface area contributed by atoms with Gasteiger partial charge in [0.1, 0.15) is 0 Å². The maximum atomic E-state index is 5.06. The van der Waals surface area contributed by atoms with Crippen molar-refractivity contribution >= 4 is 0 Å². The van der Waals surface area contributed by atoms with Crippen molar-refractivity contribution in [2.75, 3.05) is 20.4 Å². The Kier molecular flexibility index (Phi) is 4.78. The number of rotatable bonds is 3. The Morgan fingerprint density at radius 2 is 2.33 bits per heavy atom. The third-order valence-corrected chi connectivity index (χ3v) is 0.446. The van der Waals surface area contributed by atoms with Crippen LogP contribution >= 0.6 is 0 Å². The number of nitrogens with two attached hydrogens (primary N) is 1. The van der Waals surface area contributed by atoms with Crippen LogP contribution in [0.15, 0.2) is 0 Å². The van der Waals surface area contributed by atoms with E-state index in [9.17, 15) is 0 Å². The highest BCUT2D eigenvalue weighted by Gasteiger charge is 1.68. The fraction of sp³-hybridized carbons (Fsp3) is 1.00. The van der Waals surface area contributed by atoms with E-state index in [2.05, 4.69) is 10.6 Å². The van der Waals surface area contributed by atoms with E-state index in [1.54, 1.807) is 0 Å². The second kappa shape index (κ2) is 4.88. The highest BCUT2D eigenvalue weighted by Crippen LogP contribution is 1.35. The molecule has 0 unspecified atom stereocenters. The minimum atomic E-state index is 0.542. The number of nitrogens with one attached hydrogen (secondary N) is 2. The van der Waals surface area contributed by atoms with Crippen LogP contribution in [0.3, 0.4) is 0 Å². The summed E-state index contributed by atoms with van der Waals surface area (Å²) in [6, 6.07) is 0. The zero-order valence-electron chi connectivity index (χ0n) is 3.99. The zero-order valence-corrected chi connectivity index (χ0v) is 3.99. The molecule has 0 saturated heterocycles. The molecule has 0 aromatic carbocycles. The highest BCUT2D eigenvalue weighted by molar-refractivity contribution is 4.30. The van der Waals surface area contributed by atoms with Gasteiger partial charge in [-0.2, -0.15) is 0 Å². The van der Waals surface area contributed by atoms with E-state index in [1.165, 1.54) is 0 Å². The minimum absolute atomic E-state index is 0.542. The predicted octanol–water partition coefficient (Wildman–Crippen LogP) is -1.33. The average Bonchev–Trinajstić information content (AvgIpc) is 1.61. The fourth-order valence-electron chi connectivity index (χ4n) is 0.197. The van der Waals surface area contributed by atoms with Crippen molar-refractivity contribution < 1.29 is 0 Å². The molecule has 0 aromatic rings. The summed E-state index contributed by atoms with van der Waals surface area (Å²) in [5.41, 5.74) is 5.06. The molecule has 0 amide bonds. The molecular formula is C3H11N3. The van der Waals surface area contributed by atoms with Crippen LogP contribution in [-0.4, -0.2) is 20.4 Å². The first kappa shape index (κ1) is 5.88. The lowest BCUT2D eigenvalue weighted by Gasteiger charge is -1.94. The van der Waals surface area contributed by atoms with Gasteiger partial charge in [0.15, 0.2) is 0 Å². The molecule has 38 valence electrons. The van der Waals surface area contributed by atoms with Gasteiger partial charge in [0.05, 0.1) is 0 Å². The molecule has 0 atom stereocenters. The second-order valence-electron chi connectivity index (χ2n) is 0.984. The SMILES string of the molecule is CNCNCN. The third kappa shape index (κ3) is 3.88. The van der Waals surface area contributed by atoms with Gasteiger partial charge in [0.2, 0.25) is 0 Å². The van der Waals surface area contributed by atoms with Gasteiger partial charge in [-0.3, -0.25) is 5.32 Å². The Hall–Kier alpha value is -0.120. The quantitative estimate of drug-likeness (QED) is 0.296. The standard InChI is InChI=1S/C3H11N3/c1-5-3-6-2-4/h5-6H,2-4H2,1H3. The Morgan fingerprint density at radius 1 is 1.67 bits per heavy atom. The maximum absolute atomic E-state index is 5.06. The van der Waals surface area contributed by atoms with Crippen molar-refractivity contribution in [3.8, 4) is 0 Å². The molecule has 3 heteroatoms. The molecule has 0 heterocycles. The summed E-state index contributed by atoms with van der Waals surface area (Å²) in [5.74, 6) is 0. The van der Waals surface area contributed by atoms with Gasteiger partial charge in [-0.15, -0.1) is 0 Å². The van der Waals surface area contributed by atoms with Crippen LogP contribution in [0.1, 0.15) is 0 Å².